The molecule has 0 saturated heterocycles. The zero-order valence-electron chi connectivity index (χ0n) is 12.2. The van der Waals surface area contributed by atoms with E-state index in [1.807, 2.05) is 20.8 Å². The first-order valence-corrected chi connectivity index (χ1v) is 6.98. The second-order valence-electron chi connectivity index (χ2n) is 6.53. The molecular weight excluding hydrogens is 228 g/mol. The lowest BCUT2D eigenvalue weighted by Gasteiger charge is -2.21. The SMILES string of the molecule is CC(CN)C1CCC(CNC(=O)OC(C)(C)C)C1. The van der Waals surface area contributed by atoms with E-state index in [0.29, 0.717) is 11.8 Å². The summed E-state index contributed by atoms with van der Waals surface area (Å²) in [6, 6.07) is 0. The summed E-state index contributed by atoms with van der Waals surface area (Å²) < 4.78 is 5.22. The molecule has 1 rings (SSSR count). The second kappa shape index (κ2) is 6.41. The molecule has 0 bridgehead atoms. The fourth-order valence-electron chi connectivity index (χ4n) is 2.55. The van der Waals surface area contributed by atoms with Crippen LogP contribution in [0.1, 0.15) is 47.0 Å². The van der Waals surface area contributed by atoms with Crippen molar-refractivity contribution < 1.29 is 9.53 Å². The first-order valence-electron chi connectivity index (χ1n) is 6.98. The number of nitrogens with two attached hydrogens (primary N) is 1. The largest absolute Gasteiger partial charge is 0.444 e. The minimum Gasteiger partial charge on any atom is -0.444 e. The summed E-state index contributed by atoms with van der Waals surface area (Å²) >= 11 is 0. The molecule has 4 nitrogen and oxygen atoms in total. The Balaban J connectivity index is 2.23. The summed E-state index contributed by atoms with van der Waals surface area (Å²) in [4.78, 5) is 11.5. The Labute approximate surface area is 111 Å². The Morgan fingerprint density at radius 3 is 2.67 bits per heavy atom. The lowest BCUT2D eigenvalue weighted by atomic mass is 9.92. The zero-order valence-corrected chi connectivity index (χ0v) is 12.2. The van der Waals surface area contributed by atoms with Crippen molar-refractivity contribution in [1.82, 2.24) is 5.32 Å². The summed E-state index contributed by atoms with van der Waals surface area (Å²) in [5.41, 5.74) is 5.28. The first kappa shape index (κ1) is 15.3. The molecule has 3 atom stereocenters. The number of carbonyl (C=O) groups excluding carboxylic acids is 1. The Hall–Kier alpha value is -0.770. The van der Waals surface area contributed by atoms with E-state index in [2.05, 4.69) is 12.2 Å². The quantitative estimate of drug-likeness (QED) is 0.812. The predicted molar refractivity (Wildman–Crippen MR) is 73.3 cm³/mol. The molecule has 1 aliphatic rings. The summed E-state index contributed by atoms with van der Waals surface area (Å²) in [6.45, 7) is 9.33. The summed E-state index contributed by atoms with van der Waals surface area (Å²) in [6.07, 6.45) is 3.29. The van der Waals surface area contributed by atoms with Crippen molar-refractivity contribution in [1.29, 1.82) is 0 Å². The smallest absolute Gasteiger partial charge is 0.407 e. The maximum Gasteiger partial charge on any atom is 0.407 e. The van der Waals surface area contributed by atoms with E-state index in [1.165, 1.54) is 19.3 Å². The molecule has 3 N–H and O–H groups in total. The number of ether oxygens (including phenoxy) is 1. The standard InChI is InChI=1S/C14H28N2O2/c1-10(8-15)12-6-5-11(7-12)9-16-13(17)18-14(2,3)4/h10-12H,5-9,15H2,1-4H3,(H,16,17). The van der Waals surface area contributed by atoms with Crippen molar-refractivity contribution in [3.8, 4) is 0 Å². The van der Waals surface area contributed by atoms with Gasteiger partial charge in [0.2, 0.25) is 0 Å². The average Bonchev–Trinajstić information content (AvgIpc) is 2.71. The van der Waals surface area contributed by atoms with Crippen LogP contribution in [-0.4, -0.2) is 24.8 Å². The van der Waals surface area contributed by atoms with Gasteiger partial charge in [0.05, 0.1) is 0 Å². The fraction of sp³-hybridized carbons (Fsp3) is 0.929. The van der Waals surface area contributed by atoms with Crippen molar-refractivity contribution in [2.24, 2.45) is 23.5 Å². The number of hydrogen-bond acceptors (Lipinski definition) is 3. The van der Waals surface area contributed by atoms with Gasteiger partial charge in [-0.05, 0) is 64.3 Å². The van der Waals surface area contributed by atoms with Crippen molar-refractivity contribution in [2.75, 3.05) is 13.1 Å². The molecule has 3 unspecified atom stereocenters. The minimum atomic E-state index is -0.420. The Morgan fingerprint density at radius 2 is 2.11 bits per heavy atom. The molecule has 1 amide bonds. The van der Waals surface area contributed by atoms with E-state index in [9.17, 15) is 4.79 Å². The van der Waals surface area contributed by atoms with Crippen LogP contribution >= 0.6 is 0 Å². The molecule has 1 fully saturated rings. The van der Waals surface area contributed by atoms with E-state index in [-0.39, 0.29) is 6.09 Å². The highest BCUT2D eigenvalue weighted by molar-refractivity contribution is 5.67. The van der Waals surface area contributed by atoms with Gasteiger partial charge in [-0.3, -0.25) is 0 Å². The molecule has 106 valence electrons. The third-order valence-electron chi connectivity index (χ3n) is 3.69. The molecule has 0 aromatic carbocycles. The van der Waals surface area contributed by atoms with Crippen LogP contribution in [0.4, 0.5) is 4.79 Å². The molecule has 0 spiro atoms. The van der Waals surface area contributed by atoms with Crippen LogP contribution < -0.4 is 11.1 Å². The van der Waals surface area contributed by atoms with E-state index in [4.69, 9.17) is 10.5 Å². The number of alkyl carbamates (subject to hydrolysis) is 1. The Kier molecular flexibility index (Phi) is 5.45. The lowest BCUT2D eigenvalue weighted by Crippen LogP contribution is -2.35. The molecule has 0 aromatic rings. The fourth-order valence-corrected chi connectivity index (χ4v) is 2.55. The van der Waals surface area contributed by atoms with Gasteiger partial charge < -0.3 is 15.8 Å². The molecule has 4 heteroatoms. The van der Waals surface area contributed by atoms with E-state index < -0.39 is 5.60 Å². The molecule has 0 heterocycles. The highest BCUT2D eigenvalue weighted by Gasteiger charge is 2.28. The van der Waals surface area contributed by atoms with Crippen molar-refractivity contribution in [3.63, 3.8) is 0 Å². The lowest BCUT2D eigenvalue weighted by molar-refractivity contribution is 0.0519. The third kappa shape index (κ3) is 5.25. The van der Waals surface area contributed by atoms with Gasteiger partial charge in [-0.1, -0.05) is 6.92 Å². The monoisotopic (exact) mass is 256 g/mol. The molecular formula is C14H28N2O2. The van der Waals surface area contributed by atoms with Crippen LogP contribution in [0.15, 0.2) is 0 Å². The molecule has 1 aliphatic carbocycles. The maximum absolute atomic E-state index is 11.5. The van der Waals surface area contributed by atoms with Gasteiger partial charge in [0, 0.05) is 6.54 Å². The van der Waals surface area contributed by atoms with E-state index in [0.717, 1.165) is 19.0 Å². The van der Waals surface area contributed by atoms with Crippen LogP contribution in [0, 0.1) is 17.8 Å². The average molecular weight is 256 g/mol. The summed E-state index contributed by atoms with van der Waals surface area (Å²) in [5, 5.41) is 2.87. The molecule has 18 heavy (non-hydrogen) atoms. The predicted octanol–water partition coefficient (Wildman–Crippen LogP) is 2.52. The van der Waals surface area contributed by atoms with E-state index in [1.54, 1.807) is 0 Å². The van der Waals surface area contributed by atoms with Gasteiger partial charge in [0.25, 0.3) is 0 Å². The number of nitrogens with one attached hydrogen (secondary N) is 1. The normalized spacial score (nSPS) is 25.8. The zero-order chi connectivity index (χ0) is 13.8. The van der Waals surface area contributed by atoms with Crippen LogP contribution in [0.3, 0.4) is 0 Å². The van der Waals surface area contributed by atoms with Crippen molar-refractivity contribution in [3.05, 3.63) is 0 Å². The first-order chi connectivity index (χ1) is 8.31. The number of carbonyl (C=O) groups is 1. The highest BCUT2D eigenvalue weighted by atomic mass is 16.6. The topological polar surface area (TPSA) is 64.3 Å². The van der Waals surface area contributed by atoms with Gasteiger partial charge in [0.1, 0.15) is 5.60 Å². The van der Waals surface area contributed by atoms with Crippen LogP contribution in [0.25, 0.3) is 0 Å². The molecule has 0 aliphatic heterocycles. The van der Waals surface area contributed by atoms with Crippen molar-refractivity contribution >= 4 is 6.09 Å². The van der Waals surface area contributed by atoms with Crippen LogP contribution in [-0.2, 0) is 4.74 Å². The molecule has 1 saturated carbocycles. The molecule has 0 aromatic heterocycles. The highest BCUT2D eigenvalue weighted by Crippen LogP contribution is 2.35. The molecule has 0 radical (unpaired) electrons. The van der Waals surface area contributed by atoms with Gasteiger partial charge in [-0.2, -0.15) is 0 Å². The number of amides is 1. The Bertz CT molecular complexity index is 273. The van der Waals surface area contributed by atoms with Crippen LogP contribution in [0.2, 0.25) is 0 Å². The van der Waals surface area contributed by atoms with E-state index >= 15 is 0 Å². The number of rotatable bonds is 4. The van der Waals surface area contributed by atoms with Gasteiger partial charge in [-0.25, -0.2) is 4.79 Å². The van der Waals surface area contributed by atoms with Gasteiger partial charge >= 0.3 is 6.09 Å². The minimum absolute atomic E-state index is 0.308. The summed E-state index contributed by atoms with van der Waals surface area (Å²) in [7, 11) is 0. The number of hydrogen-bond donors (Lipinski definition) is 2. The third-order valence-corrected chi connectivity index (χ3v) is 3.69. The van der Waals surface area contributed by atoms with Crippen LogP contribution in [0.5, 0.6) is 0 Å². The second-order valence-corrected chi connectivity index (χ2v) is 6.53. The van der Waals surface area contributed by atoms with Crippen molar-refractivity contribution in [2.45, 2.75) is 52.6 Å². The van der Waals surface area contributed by atoms with Gasteiger partial charge in [0.15, 0.2) is 0 Å². The Morgan fingerprint density at radius 1 is 1.44 bits per heavy atom. The maximum atomic E-state index is 11.5. The van der Waals surface area contributed by atoms with Gasteiger partial charge in [-0.15, -0.1) is 0 Å². The summed E-state index contributed by atoms with van der Waals surface area (Å²) in [5.74, 6) is 1.90.